The van der Waals surface area contributed by atoms with E-state index in [0.717, 1.165) is 21.9 Å². The molecule has 0 saturated carbocycles. The number of para-hydroxylation sites is 1. The molecule has 4 aromatic rings. The number of hydrogen-bond donors (Lipinski definition) is 1. The van der Waals surface area contributed by atoms with E-state index in [0.29, 0.717) is 22.1 Å². The van der Waals surface area contributed by atoms with Crippen molar-refractivity contribution in [3.63, 3.8) is 0 Å². The van der Waals surface area contributed by atoms with Gasteiger partial charge in [-0.05, 0) is 60.7 Å². The lowest BCUT2D eigenvalue weighted by Crippen LogP contribution is -2.45. The summed E-state index contributed by atoms with van der Waals surface area (Å²) in [4.78, 5) is 58.9. The van der Waals surface area contributed by atoms with E-state index in [9.17, 15) is 19.2 Å². The summed E-state index contributed by atoms with van der Waals surface area (Å²) in [6, 6.07) is 20.8. The Morgan fingerprint density at radius 3 is 2.27 bits per heavy atom. The van der Waals surface area contributed by atoms with Gasteiger partial charge in [0.25, 0.3) is 11.7 Å². The molecule has 0 bridgehead atoms. The summed E-state index contributed by atoms with van der Waals surface area (Å²) in [6.07, 6.45) is 0. The predicted molar refractivity (Wildman–Crippen MR) is 154 cm³/mol. The number of aromatic nitrogens is 1. The summed E-state index contributed by atoms with van der Waals surface area (Å²) >= 11 is 1.35. The maximum atomic E-state index is 13.6. The van der Waals surface area contributed by atoms with Crippen molar-refractivity contribution in [3.8, 4) is 22.8 Å². The van der Waals surface area contributed by atoms with Crippen molar-refractivity contribution < 1.29 is 28.7 Å². The molecule has 11 heteroatoms. The number of carbonyl (C=O) groups excluding carboxylic acids is 4. The minimum Gasteiger partial charge on any atom is -0.497 e. The van der Waals surface area contributed by atoms with Crippen LogP contribution in [0.3, 0.4) is 0 Å². The molecule has 3 amide bonds. The molecule has 0 spiro atoms. The second-order valence-corrected chi connectivity index (χ2v) is 10.1. The van der Waals surface area contributed by atoms with E-state index in [-0.39, 0.29) is 18.7 Å². The molecule has 1 aliphatic heterocycles. The first kappa shape index (κ1) is 27.5. The topological polar surface area (TPSA) is 118 Å². The van der Waals surface area contributed by atoms with Crippen molar-refractivity contribution in [2.75, 3.05) is 37.5 Å². The number of thiazole rings is 1. The SMILES string of the molecule is COc1ccc(NC(=O)CN(Cc2nc(-c3ccc(OC)cc3)cs2)C(=O)CN2C(=O)C(=O)c3ccccc32)cc1. The molecule has 0 aliphatic carbocycles. The van der Waals surface area contributed by atoms with Crippen LogP contribution in [-0.4, -0.2) is 60.7 Å². The van der Waals surface area contributed by atoms with Crippen LogP contribution in [0.15, 0.2) is 78.2 Å². The summed E-state index contributed by atoms with van der Waals surface area (Å²) in [6.45, 7) is -0.651. The summed E-state index contributed by atoms with van der Waals surface area (Å²) in [7, 11) is 3.14. The van der Waals surface area contributed by atoms with Gasteiger partial charge in [0.05, 0.1) is 37.7 Å². The van der Waals surface area contributed by atoms with Gasteiger partial charge in [0, 0.05) is 16.6 Å². The van der Waals surface area contributed by atoms with Crippen LogP contribution >= 0.6 is 11.3 Å². The number of anilines is 2. The number of methoxy groups -OCH3 is 2. The smallest absolute Gasteiger partial charge is 0.299 e. The second kappa shape index (κ2) is 12.0. The third-order valence-corrected chi connectivity index (χ3v) is 7.33. The maximum absolute atomic E-state index is 13.6. The monoisotopic (exact) mass is 570 g/mol. The van der Waals surface area contributed by atoms with E-state index in [2.05, 4.69) is 10.3 Å². The first-order chi connectivity index (χ1) is 19.9. The van der Waals surface area contributed by atoms with Gasteiger partial charge in [0.2, 0.25) is 11.8 Å². The largest absolute Gasteiger partial charge is 0.497 e. The predicted octanol–water partition coefficient (Wildman–Crippen LogP) is 4.02. The van der Waals surface area contributed by atoms with E-state index in [1.807, 2.05) is 29.6 Å². The van der Waals surface area contributed by atoms with E-state index < -0.39 is 30.0 Å². The Kier molecular flexibility index (Phi) is 8.06. The average Bonchev–Trinajstić information content (AvgIpc) is 3.56. The summed E-state index contributed by atoms with van der Waals surface area (Å²) in [5.41, 5.74) is 2.75. The highest BCUT2D eigenvalue weighted by Crippen LogP contribution is 2.29. The number of nitrogens with one attached hydrogen (secondary N) is 1. The zero-order valence-corrected chi connectivity index (χ0v) is 23.1. The third kappa shape index (κ3) is 6.10. The number of ether oxygens (including phenoxy) is 2. The van der Waals surface area contributed by atoms with Crippen molar-refractivity contribution in [1.29, 1.82) is 0 Å². The Morgan fingerprint density at radius 1 is 0.927 bits per heavy atom. The lowest BCUT2D eigenvalue weighted by Gasteiger charge is -2.24. The number of rotatable bonds is 10. The highest BCUT2D eigenvalue weighted by Gasteiger charge is 2.37. The van der Waals surface area contributed by atoms with Gasteiger partial charge in [-0.2, -0.15) is 0 Å². The third-order valence-electron chi connectivity index (χ3n) is 6.50. The molecule has 0 fully saturated rings. The number of hydrogen-bond acceptors (Lipinski definition) is 8. The molecule has 1 aliphatic rings. The first-order valence-electron chi connectivity index (χ1n) is 12.6. The Labute approximate surface area is 240 Å². The fraction of sp³-hybridized carbons (Fsp3) is 0.167. The molecule has 0 radical (unpaired) electrons. The van der Waals surface area contributed by atoms with Crippen LogP contribution in [-0.2, 0) is 20.9 Å². The molecule has 208 valence electrons. The van der Waals surface area contributed by atoms with Gasteiger partial charge in [0.15, 0.2) is 0 Å². The molecule has 10 nitrogen and oxygen atoms in total. The fourth-order valence-corrected chi connectivity index (χ4v) is 5.18. The minimum atomic E-state index is -0.779. The zero-order valence-electron chi connectivity index (χ0n) is 22.3. The number of nitrogens with zero attached hydrogens (tertiary/aromatic N) is 3. The molecular formula is C30H26N4O6S. The van der Waals surface area contributed by atoms with E-state index in [1.165, 1.54) is 16.2 Å². The Balaban J connectivity index is 1.35. The summed E-state index contributed by atoms with van der Waals surface area (Å²) in [5, 5.41) is 5.25. The number of carbonyl (C=O) groups is 4. The highest BCUT2D eigenvalue weighted by molar-refractivity contribution is 7.09. The quantitative estimate of drug-likeness (QED) is 0.286. The number of benzene rings is 3. The van der Waals surface area contributed by atoms with Crippen molar-refractivity contribution in [2.45, 2.75) is 6.54 Å². The minimum absolute atomic E-state index is 0.0350. The van der Waals surface area contributed by atoms with E-state index >= 15 is 0 Å². The maximum Gasteiger partial charge on any atom is 0.299 e. The van der Waals surface area contributed by atoms with Crippen LogP contribution in [0.1, 0.15) is 15.4 Å². The van der Waals surface area contributed by atoms with Crippen LogP contribution < -0.4 is 19.7 Å². The van der Waals surface area contributed by atoms with Gasteiger partial charge in [-0.1, -0.05) is 12.1 Å². The van der Waals surface area contributed by atoms with Crippen molar-refractivity contribution in [3.05, 3.63) is 88.7 Å². The van der Waals surface area contributed by atoms with Crippen molar-refractivity contribution in [2.24, 2.45) is 0 Å². The molecule has 1 N–H and O–H groups in total. The normalized spacial score (nSPS) is 12.2. The van der Waals surface area contributed by atoms with Gasteiger partial charge in [-0.3, -0.25) is 24.1 Å². The van der Waals surface area contributed by atoms with Gasteiger partial charge in [-0.25, -0.2) is 4.98 Å². The molecule has 0 unspecified atom stereocenters. The second-order valence-electron chi connectivity index (χ2n) is 9.12. The van der Waals surface area contributed by atoms with Crippen LogP contribution in [0.4, 0.5) is 11.4 Å². The van der Waals surface area contributed by atoms with Gasteiger partial charge < -0.3 is 19.7 Å². The molecule has 41 heavy (non-hydrogen) atoms. The Hall–Kier alpha value is -5.03. The molecular weight excluding hydrogens is 544 g/mol. The number of ketones is 1. The van der Waals surface area contributed by atoms with Gasteiger partial charge in [0.1, 0.15) is 29.6 Å². The standard InChI is InChI=1S/C30H26N4O6S/c1-39-21-11-7-19(8-12-21)24-18-41-27(32-24)16-33(15-26(35)31-20-9-13-22(40-2)14-10-20)28(36)17-34-25-6-4-3-5-23(25)29(37)30(34)38/h3-14,18H,15-17H2,1-2H3,(H,31,35). The number of Topliss-reactive ketones (excluding diaryl/α,β-unsaturated/α-hetero) is 1. The lowest BCUT2D eigenvalue weighted by atomic mass is 10.1. The summed E-state index contributed by atoms with van der Waals surface area (Å²) in [5.74, 6) is -1.02. The molecule has 0 atom stereocenters. The molecule has 0 saturated heterocycles. The molecule has 1 aromatic heterocycles. The van der Waals surface area contributed by atoms with E-state index in [4.69, 9.17) is 9.47 Å². The van der Waals surface area contributed by atoms with Crippen LogP contribution in [0.25, 0.3) is 11.3 Å². The van der Waals surface area contributed by atoms with Crippen molar-refractivity contribution >= 4 is 46.2 Å². The highest BCUT2D eigenvalue weighted by atomic mass is 32.1. The van der Waals surface area contributed by atoms with Crippen molar-refractivity contribution in [1.82, 2.24) is 9.88 Å². The molecule has 3 aromatic carbocycles. The first-order valence-corrected chi connectivity index (χ1v) is 13.5. The van der Waals surface area contributed by atoms with Crippen LogP contribution in [0.2, 0.25) is 0 Å². The fourth-order valence-electron chi connectivity index (χ4n) is 4.36. The molecule has 5 rings (SSSR count). The number of fused-ring (bicyclic) bond motifs is 1. The Morgan fingerprint density at radius 2 is 1.59 bits per heavy atom. The van der Waals surface area contributed by atoms with Gasteiger partial charge >= 0.3 is 0 Å². The molecule has 2 heterocycles. The van der Waals surface area contributed by atoms with Gasteiger partial charge in [-0.15, -0.1) is 11.3 Å². The lowest BCUT2D eigenvalue weighted by molar-refractivity contribution is -0.134. The zero-order chi connectivity index (χ0) is 28.9. The van der Waals surface area contributed by atoms with Crippen LogP contribution in [0, 0.1) is 0 Å². The average molecular weight is 571 g/mol. The number of amides is 3. The van der Waals surface area contributed by atoms with Crippen LogP contribution in [0.5, 0.6) is 11.5 Å². The van der Waals surface area contributed by atoms with E-state index in [1.54, 1.807) is 62.8 Å². The Bertz CT molecular complexity index is 1600. The summed E-state index contributed by atoms with van der Waals surface area (Å²) < 4.78 is 10.4.